The van der Waals surface area contributed by atoms with Crippen LogP contribution in [0.4, 0.5) is 13.2 Å². The first-order valence-electron chi connectivity index (χ1n) is 12.7. The fraction of sp³-hybridized carbons (Fsp3) is 0.367. The molecule has 1 amide bonds. The highest BCUT2D eigenvalue weighted by Crippen LogP contribution is 2.31. The van der Waals surface area contributed by atoms with E-state index in [9.17, 15) is 18.0 Å². The van der Waals surface area contributed by atoms with Crippen molar-refractivity contribution in [2.24, 2.45) is 0 Å². The Morgan fingerprint density at radius 2 is 1.39 bits per heavy atom. The van der Waals surface area contributed by atoms with Crippen LogP contribution in [0.2, 0.25) is 0 Å². The van der Waals surface area contributed by atoms with Crippen molar-refractivity contribution in [2.45, 2.75) is 51.2 Å². The van der Waals surface area contributed by atoms with Crippen molar-refractivity contribution in [1.82, 2.24) is 10.2 Å². The van der Waals surface area contributed by atoms with E-state index in [0.29, 0.717) is 23.7 Å². The second-order valence-corrected chi connectivity index (χ2v) is 9.53. The molecule has 1 aliphatic heterocycles. The second kappa shape index (κ2) is 11.7. The maximum atomic E-state index is 12.8. The molecular weight excluding hydrogens is 461 g/mol. The SMILES string of the molecule is CC(c1ccc(CCNC(=O)c2ccc(-c3ccc(C(F)(F)F)cc3)cc2)cc1)N1CCCCCC1. The van der Waals surface area contributed by atoms with E-state index in [-0.39, 0.29) is 5.91 Å². The van der Waals surface area contributed by atoms with Gasteiger partial charge in [0.1, 0.15) is 0 Å². The molecule has 6 heteroatoms. The number of nitrogens with zero attached hydrogens (tertiary/aromatic N) is 1. The molecule has 1 unspecified atom stereocenters. The second-order valence-electron chi connectivity index (χ2n) is 9.53. The van der Waals surface area contributed by atoms with E-state index in [0.717, 1.165) is 24.1 Å². The lowest BCUT2D eigenvalue weighted by molar-refractivity contribution is -0.137. The van der Waals surface area contributed by atoms with E-state index < -0.39 is 11.7 Å². The number of alkyl halides is 3. The van der Waals surface area contributed by atoms with Gasteiger partial charge in [-0.05, 0) is 85.8 Å². The number of carbonyl (C=O) groups excluding carboxylic acids is 1. The number of hydrogen-bond acceptors (Lipinski definition) is 2. The van der Waals surface area contributed by atoms with Crippen LogP contribution in [0.1, 0.15) is 65.7 Å². The summed E-state index contributed by atoms with van der Waals surface area (Å²) in [6.45, 7) is 5.14. The molecule has 1 saturated heterocycles. The molecule has 190 valence electrons. The summed E-state index contributed by atoms with van der Waals surface area (Å²) in [5.41, 5.74) is 3.78. The minimum absolute atomic E-state index is 0.166. The quantitative estimate of drug-likeness (QED) is 0.374. The molecule has 0 saturated carbocycles. The van der Waals surface area contributed by atoms with Crippen LogP contribution in [0, 0.1) is 0 Å². The van der Waals surface area contributed by atoms with Gasteiger partial charge >= 0.3 is 6.18 Å². The largest absolute Gasteiger partial charge is 0.416 e. The first-order chi connectivity index (χ1) is 17.3. The van der Waals surface area contributed by atoms with Gasteiger partial charge in [-0.25, -0.2) is 0 Å². The van der Waals surface area contributed by atoms with Crippen LogP contribution < -0.4 is 5.32 Å². The Labute approximate surface area is 211 Å². The summed E-state index contributed by atoms with van der Waals surface area (Å²) in [4.78, 5) is 15.1. The Bertz CT molecular complexity index is 1110. The van der Waals surface area contributed by atoms with E-state index >= 15 is 0 Å². The normalized spacial score (nSPS) is 15.8. The standard InChI is InChI=1S/C30H33F3N2O/c1-22(35-20-4-2-3-5-21-35)24-8-6-23(7-9-24)18-19-34-29(36)27-12-10-25(11-13-27)26-14-16-28(17-15-26)30(31,32)33/h6-17,22H,2-5,18-21H2,1H3,(H,34,36). The molecule has 0 bridgehead atoms. The van der Waals surface area contributed by atoms with E-state index in [1.165, 1.54) is 62.0 Å². The third kappa shape index (κ3) is 6.76. The molecular formula is C30H33F3N2O. The van der Waals surface area contributed by atoms with E-state index in [2.05, 4.69) is 41.4 Å². The van der Waals surface area contributed by atoms with E-state index in [1.807, 2.05) is 0 Å². The first kappa shape index (κ1) is 26.0. The van der Waals surface area contributed by atoms with Crippen molar-refractivity contribution < 1.29 is 18.0 Å². The Balaban J connectivity index is 1.27. The molecule has 1 N–H and O–H groups in total. The molecule has 1 atom stereocenters. The average molecular weight is 495 g/mol. The summed E-state index contributed by atoms with van der Waals surface area (Å²) < 4.78 is 38.3. The maximum absolute atomic E-state index is 12.8. The van der Waals surface area contributed by atoms with Gasteiger partial charge in [0.15, 0.2) is 0 Å². The van der Waals surface area contributed by atoms with Crippen molar-refractivity contribution >= 4 is 5.91 Å². The number of rotatable bonds is 7. The van der Waals surface area contributed by atoms with Gasteiger partial charge in [0.05, 0.1) is 5.56 Å². The van der Waals surface area contributed by atoms with Crippen molar-refractivity contribution in [3.05, 3.63) is 95.1 Å². The third-order valence-corrected chi connectivity index (χ3v) is 7.04. The lowest BCUT2D eigenvalue weighted by atomic mass is 10.0. The van der Waals surface area contributed by atoms with Crippen molar-refractivity contribution in [2.75, 3.05) is 19.6 Å². The first-order valence-corrected chi connectivity index (χ1v) is 12.7. The number of halogens is 3. The summed E-state index contributed by atoms with van der Waals surface area (Å²) in [6.07, 6.45) is 1.61. The van der Waals surface area contributed by atoms with Crippen molar-refractivity contribution in [1.29, 1.82) is 0 Å². The number of benzene rings is 3. The minimum Gasteiger partial charge on any atom is -0.352 e. The number of hydrogen-bond donors (Lipinski definition) is 1. The van der Waals surface area contributed by atoms with E-state index in [1.54, 1.807) is 24.3 Å². The predicted octanol–water partition coefficient (Wildman–Crippen LogP) is 7.28. The lowest BCUT2D eigenvalue weighted by Gasteiger charge is -2.28. The zero-order chi connectivity index (χ0) is 25.5. The molecule has 0 radical (unpaired) electrons. The summed E-state index contributed by atoms with van der Waals surface area (Å²) >= 11 is 0. The van der Waals surface area contributed by atoms with Crippen LogP contribution in [0.25, 0.3) is 11.1 Å². The highest BCUT2D eigenvalue weighted by Gasteiger charge is 2.30. The van der Waals surface area contributed by atoms with Crippen molar-refractivity contribution in [3.8, 4) is 11.1 Å². The van der Waals surface area contributed by atoms with Crippen LogP contribution in [-0.2, 0) is 12.6 Å². The predicted molar refractivity (Wildman–Crippen MR) is 138 cm³/mol. The molecule has 3 aromatic carbocycles. The van der Waals surface area contributed by atoms with Gasteiger partial charge < -0.3 is 5.32 Å². The van der Waals surface area contributed by atoms with Gasteiger partial charge in [0.25, 0.3) is 5.91 Å². The zero-order valence-electron chi connectivity index (χ0n) is 20.7. The molecule has 1 heterocycles. The average Bonchev–Trinajstić information content (AvgIpc) is 3.18. The highest BCUT2D eigenvalue weighted by atomic mass is 19.4. The van der Waals surface area contributed by atoms with Crippen LogP contribution in [0.15, 0.2) is 72.8 Å². The van der Waals surface area contributed by atoms with Crippen LogP contribution in [-0.4, -0.2) is 30.4 Å². The van der Waals surface area contributed by atoms with Crippen LogP contribution >= 0.6 is 0 Å². The topological polar surface area (TPSA) is 32.3 Å². The minimum atomic E-state index is -4.35. The molecule has 0 aromatic heterocycles. The highest BCUT2D eigenvalue weighted by molar-refractivity contribution is 5.94. The number of likely N-dealkylation sites (tertiary alicyclic amines) is 1. The molecule has 3 aromatic rings. The molecule has 3 nitrogen and oxygen atoms in total. The molecule has 0 spiro atoms. The Kier molecular flexibility index (Phi) is 8.47. The Hall–Kier alpha value is -3.12. The maximum Gasteiger partial charge on any atom is 0.416 e. The smallest absolute Gasteiger partial charge is 0.352 e. The fourth-order valence-electron chi connectivity index (χ4n) is 4.74. The lowest BCUT2D eigenvalue weighted by Crippen LogP contribution is -2.28. The zero-order valence-corrected chi connectivity index (χ0v) is 20.7. The third-order valence-electron chi connectivity index (χ3n) is 7.04. The number of carbonyl (C=O) groups is 1. The van der Waals surface area contributed by atoms with Gasteiger partial charge in [-0.3, -0.25) is 9.69 Å². The summed E-state index contributed by atoms with van der Waals surface area (Å²) in [6, 6.07) is 21.0. The van der Waals surface area contributed by atoms with Crippen LogP contribution in [0.5, 0.6) is 0 Å². The molecule has 0 aliphatic carbocycles. The number of nitrogens with one attached hydrogen (secondary N) is 1. The van der Waals surface area contributed by atoms with Gasteiger partial charge in [0, 0.05) is 18.2 Å². The molecule has 36 heavy (non-hydrogen) atoms. The Morgan fingerprint density at radius 3 is 1.94 bits per heavy atom. The monoisotopic (exact) mass is 494 g/mol. The van der Waals surface area contributed by atoms with E-state index in [4.69, 9.17) is 0 Å². The van der Waals surface area contributed by atoms with Crippen LogP contribution in [0.3, 0.4) is 0 Å². The summed E-state index contributed by atoms with van der Waals surface area (Å²) in [5.74, 6) is -0.166. The fourth-order valence-corrected chi connectivity index (χ4v) is 4.74. The molecule has 4 rings (SSSR count). The van der Waals surface area contributed by atoms with Gasteiger partial charge in [0.2, 0.25) is 0 Å². The van der Waals surface area contributed by atoms with Gasteiger partial charge in [-0.15, -0.1) is 0 Å². The van der Waals surface area contributed by atoms with Gasteiger partial charge in [-0.1, -0.05) is 61.4 Å². The molecule has 1 aliphatic rings. The summed E-state index contributed by atoms with van der Waals surface area (Å²) in [7, 11) is 0. The van der Waals surface area contributed by atoms with Gasteiger partial charge in [-0.2, -0.15) is 13.2 Å². The Morgan fingerprint density at radius 1 is 0.833 bits per heavy atom. The summed E-state index contributed by atoms with van der Waals surface area (Å²) in [5, 5.41) is 2.95. The van der Waals surface area contributed by atoms with Crippen molar-refractivity contribution in [3.63, 3.8) is 0 Å². The molecule has 1 fully saturated rings. The number of amides is 1.